The van der Waals surface area contributed by atoms with Crippen molar-refractivity contribution in [2.45, 2.75) is 45.1 Å². The van der Waals surface area contributed by atoms with E-state index < -0.39 is 17.7 Å². The summed E-state index contributed by atoms with van der Waals surface area (Å²) in [6.07, 6.45) is 3.33. The van der Waals surface area contributed by atoms with Gasteiger partial charge in [-0.15, -0.1) is 0 Å². The fraction of sp³-hybridized carbons (Fsp3) is 0.440. The number of methoxy groups -OCH3 is 1. The lowest BCUT2D eigenvalue weighted by atomic mass is 10.0. The van der Waals surface area contributed by atoms with Crippen molar-refractivity contribution in [1.29, 1.82) is 0 Å². The number of imidazole rings is 1. The van der Waals surface area contributed by atoms with Gasteiger partial charge in [-0.05, 0) is 32.4 Å². The van der Waals surface area contributed by atoms with Crippen molar-refractivity contribution >= 4 is 11.7 Å². The van der Waals surface area contributed by atoms with E-state index >= 15 is 0 Å². The summed E-state index contributed by atoms with van der Waals surface area (Å²) in [4.78, 5) is 27.3. The Bertz CT molecular complexity index is 1270. The first-order chi connectivity index (χ1) is 17.0. The van der Waals surface area contributed by atoms with E-state index in [0.29, 0.717) is 42.3 Å². The van der Waals surface area contributed by atoms with Crippen LogP contribution in [0.2, 0.25) is 0 Å². The lowest BCUT2D eigenvalue weighted by molar-refractivity contribution is -0.131. The standard InChI is InChI=1S/C25H29F3N6O2/c1-14(18-10-22(36-5)29-11-19(18)26)23(35)34-9-8-16(12-34)31-21-7-6-17(15(2)30-21)20-13-33(4)24(32-20)25(3,27)28/h6-7,10-11,13-14,16H,8-9,12H2,1-5H3,(H,30,31)/t14-,16-/m0/s1. The van der Waals surface area contributed by atoms with E-state index in [1.165, 1.54) is 24.8 Å². The average Bonchev–Trinajstić information content (AvgIpc) is 3.45. The topological polar surface area (TPSA) is 85.2 Å². The second kappa shape index (κ2) is 9.79. The molecule has 11 heteroatoms. The second-order valence-electron chi connectivity index (χ2n) is 9.16. The van der Waals surface area contributed by atoms with E-state index in [2.05, 4.69) is 20.3 Å². The van der Waals surface area contributed by atoms with E-state index in [9.17, 15) is 18.0 Å². The van der Waals surface area contributed by atoms with Crippen LogP contribution in [0, 0.1) is 12.7 Å². The number of alkyl halides is 2. The van der Waals surface area contributed by atoms with Crippen molar-refractivity contribution in [1.82, 2.24) is 24.4 Å². The molecule has 3 aromatic rings. The Morgan fingerprint density at radius 3 is 2.69 bits per heavy atom. The van der Waals surface area contributed by atoms with Gasteiger partial charge in [0.1, 0.15) is 11.6 Å². The Hall–Kier alpha value is -3.63. The molecular weight excluding hydrogens is 473 g/mol. The van der Waals surface area contributed by atoms with Crippen molar-refractivity contribution in [2.24, 2.45) is 7.05 Å². The van der Waals surface area contributed by atoms with Gasteiger partial charge in [0.15, 0.2) is 5.82 Å². The Morgan fingerprint density at radius 1 is 1.31 bits per heavy atom. The number of anilines is 1. The van der Waals surface area contributed by atoms with Crippen LogP contribution < -0.4 is 10.1 Å². The van der Waals surface area contributed by atoms with Crippen molar-refractivity contribution in [3.05, 3.63) is 53.5 Å². The zero-order valence-corrected chi connectivity index (χ0v) is 20.8. The van der Waals surface area contributed by atoms with E-state index in [0.717, 1.165) is 13.1 Å². The maximum absolute atomic E-state index is 14.3. The minimum absolute atomic E-state index is 0.0315. The van der Waals surface area contributed by atoms with Crippen LogP contribution in [0.3, 0.4) is 0 Å². The molecule has 1 N–H and O–H groups in total. The summed E-state index contributed by atoms with van der Waals surface area (Å²) >= 11 is 0. The molecule has 192 valence electrons. The number of carbonyl (C=O) groups is 1. The van der Waals surface area contributed by atoms with Crippen molar-refractivity contribution < 1.29 is 22.7 Å². The van der Waals surface area contributed by atoms with E-state index in [-0.39, 0.29) is 29.2 Å². The molecule has 4 heterocycles. The zero-order valence-electron chi connectivity index (χ0n) is 20.8. The fourth-order valence-corrected chi connectivity index (χ4v) is 4.49. The molecule has 0 radical (unpaired) electrons. The number of aromatic nitrogens is 4. The second-order valence-corrected chi connectivity index (χ2v) is 9.16. The van der Waals surface area contributed by atoms with Crippen LogP contribution in [0.4, 0.5) is 19.0 Å². The molecule has 0 aromatic carbocycles. The highest BCUT2D eigenvalue weighted by atomic mass is 19.3. The maximum Gasteiger partial charge on any atom is 0.302 e. The molecule has 3 aromatic heterocycles. The summed E-state index contributed by atoms with van der Waals surface area (Å²) < 4.78 is 48.2. The molecule has 0 spiro atoms. The normalized spacial score (nSPS) is 16.8. The van der Waals surface area contributed by atoms with Crippen molar-refractivity contribution in [2.75, 3.05) is 25.5 Å². The lowest BCUT2D eigenvalue weighted by Gasteiger charge is -2.22. The van der Waals surface area contributed by atoms with Gasteiger partial charge in [-0.1, -0.05) is 0 Å². The highest BCUT2D eigenvalue weighted by Crippen LogP contribution is 2.31. The Kier molecular flexibility index (Phi) is 6.92. The molecule has 0 unspecified atom stereocenters. The third-order valence-corrected chi connectivity index (χ3v) is 6.39. The lowest BCUT2D eigenvalue weighted by Crippen LogP contribution is -2.34. The first-order valence-electron chi connectivity index (χ1n) is 11.6. The summed E-state index contributed by atoms with van der Waals surface area (Å²) in [7, 11) is 2.97. The van der Waals surface area contributed by atoms with Gasteiger partial charge in [0.05, 0.1) is 24.9 Å². The molecule has 8 nitrogen and oxygen atoms in total. The molecule has 0 bridgehead atoms. The Balaban J connectivity index is 1.42. The zero-order chi connectivity index (χ0) is 26.2. The van der Waals surface area contributed by atoms with Crippen LogP contribution in [0.25, 0.3) is 11.3 Å². The number of amides is 1. The highest BCUT2D eigenvalue weighted by Gasteiger charge is 2.32. The number of hydrogen-bond acceptors (Lipinski definition) is 6. The van der Waals surface area contributed by atoms with E-state index in [1.807, 2.05) is 0 Å². The molecule has 1 amide bonds. The van der Waals surface area contributed by atoms with Gasteiger partial charge in [-0.2, -0.15) is 8.78 Å². The van der Waals surface area contributed by atoms with Gasteiger partial charge < -0.3 is 19.5 Å². The molecule has 0 aliphatic carbocycles. The van der Waals surface area contributed by atoms with Crippen LogP contribution >= 0.6 is 0 Å². The predicted octanol–water partition coefficient (Wildman–Crippen LogP) is 4.26. The summed E-state index contributed by atoms with van der Waals surface area (Å²) in [6.45, 7) is 5.26. The van der Waals surface area contributed by atoms with Crippen molar-refractivity contribution in [3.63, 3.8) is 0 Å². The first-order valence-corrected chi connectivity index (χ1v) is 11.6. The van der Waals surface area contributed by atoms with Crippen LogP contribution in [0.5, 0.6) is 5.88 Å². The van der Waals surface area contributed by atoms with Crippen LogP contribution in [0.15, 0.2) is 30.6 Å². The Labute approximate surface area is 207 Å². The van der Waals surface area contributed by atoms with E-state index in [1.54, 1.807) is 37.1 Å². The predicted molar refractivity (Wildman–Crippen MR) is 129 cm³/mol. The largest absolute Gasteiger partial charge is 0.481 e. The molecule has 2 atom stereocenters. The molecule has 1 saturated heterocycles. The number of nitrogens with zero attached hydrogens (tertiary/aromatic N) is 5. The fourth-order valence-electron chi connectivity index (χ4n) is 4.49. The van der Waals surface area contributed by atoms with Crippen LogP contribution in [-0.2, 0) is 17.8 Å². The number of carbonyl (C=O) groups excluding carboxylic acids is 1. The van der Waals surface area contributed by atoms with Gasteiger partial charge in [0, 0.05) is 62.2 Å². The summed E-state index contributed by atoms with van der Waals surface area (Å²) in [5.74, 6) is -3.90. The molecule has 1 fully saturated rings. The van der Waals surface area contributed by atoms with E-state index in [4.69, 9.17) is 4.74 Å². The van der Waals surface area contributed by atoms with Gasteiger partial charge >= 0.3 is 5.92 Å². The van der Waals surface area contributed by atoms with Gasteiger partial charge in [-0.3, -0.25) is 4.79 Å². The first kappa shape index (κ1) is 25.5. The van der Waals surface area contributed by atoms with Gasteiger partial charge in [-0.25, -0.2) is 19.3 Å². The summed E-state index contributed by atoms with van der Waals surface area (Å²) in [6, 6.07) is 4.98. The van der Waals surface area contributed by atoms with Gasteiger partial charge in [0.2, 0.25) is 11.8 Å². The molecule has 36 heavy (non-hydrogen) atoms. The molecule has 1 aliphatic heterocycles. The number of halogens is 3. The number of hydrogen-bond donors (Lipinski definition) is 1. The molecule has 4 rings (SSSR count). The smallest absolute Gasteiger partial charge is 0.302 e. The average molecular weight is 503 g/mol. The number of nitrogens with one attached hydrogen (secondary N) is 1. The summed E-state index contributed by atoms with van der Waals surface area (Å²) in [5, 5.41) is 3.34. The Morgan fingerprint density at radius 2 is 2.06 bits per heavy atom. The number of rotatable bonds is 7. The minimum atomic E-state index is -3.05. The maximum atomic E-state index is 14.3. The monoisotopic (exact) mass is 502 g/mol. The quantitative estimate of drug-likeness (QED) is 0.520. The number of aryl methyl sites for hydroxylation is 2. The third kappa shape index (κ3) is 5.14. The minimum Gasteiger partial charge on any atom is -0.481 e. The number of ether oxygens (including phenoxy) is 1. The van der Waals surface area contributed by atoms with Gasteiger partial charge in [0.25, 0.3) is 0 Å². The SMILES string of the molecule is COc1cc([C@H](C)C(=O)N2CC[C@H](Nc3ccc(-c4cn(C)c(C(C)(F)F)n4)c(C)n3)C2)c(F)cn1. The highest BCUT2D eigenvalue weighted by molar-refractivity contribution is 5.83. The molecular formula is C25H29F3N6O2. The van der Waals surface area contributed by atoms with Crippen molar-refractivity contribution in [3.8, 4) is 17.1 Å². The summed E-state index contributed by atoms with van der Waals surface area (Å²) in [5.41, 5.74) is 1.98. The molecule has 1 aliphatic rings. The van der Waals surface area contributed by atoms with Crippen LogP contribution in [0.1, 0.15) is 43.3 Å². The number of likely N-dealkylation sites (tertiary alicyclic amines) is 1. The number of pyridine rings is 2. The third-order valence-electron chi connectivity index (χ3n) is 6.39. The molecule has 0 saturated carbocycles. The van der Waals surface area contributed by atoms with Crippen LogP contribution in [-0.4, -0.2) is 56.6 Å².